The highest BCUT2D eigenvalue weighted by atomic mass is 32.1. The number of nitrogen functional groups attached to an aromatic ring is 1. The van der Waals surface area contributed by atoms with E-state index in [1.807, 2.05) is 0 Å². The first-order valence-electron chi connectivity index (χ1n) is 5.31. The van der Waals surface area contributed by atoms with Gasteiger partial charge in [-0.15, -0.1) is 11.3 Å². The van der Waals surface area contributed by atoms with Gasteiger partial charge in [0.15, 0.2) is 5.13 Å². The van der Waals surface area contributed by atoms with Gasteiger partial charge in [0.25, 0.3) is 5.91 Å². The largest absolute Gasteiger partial charge is 0.481 e. The van der Waals surface area contributed by atoms with Gasteiger partial charge in [0.05, 0.1) is 5.92 Å². The number of rotatable bonds is 2. The summed E-state index contributed by atoms with van der Waals surface area (Å²) in [6.45, 7) is 0.839. The monoisotopic (exact) mass is 255 g/mol. The lowest BCUT2D eigenvalue weighted by Crippen LogP contribution is -2.42. The summed E-state index contributed by atoms with van der Waals surface area (Å²) in [6.07, 6.45) is 1.33. The number of hydrogen-bond donors (Lipinski definition) is 2. The van der Waals surface area contributed by atoms with E-state index in [4.69, 9.17) is 10.8 Å². The van der Waals surface area contributed by atoms with Crippen molar-refractivity contribution in [1.82, 2.24) is 9.88 Å². The maximum Gasteiger partial charge on any atom is 0.308 e. The van der Waals surface area contributed by atoms with Gasteiger partial charge in [-0.3, -0.25) is 9.59 Å². The number of aromatic nitrogens is 1. The molecule has 1 fully saturated rings. The number of piperidine rings is 1. The molecule has 1 amide bonds. The van der Waals surface area contributed by atoms with Crippen LogP contribution in [0.1, 0.15) is 23.3 Å². The van der Waals surface area contributed by atoms with Gasteiger partial charge < -0.3 is 15.7 Å². The number of aliphatic carboxylic acids is 1. The normalized spacial score (nSPS) is 20.2. The Morgan fingerprint density at radius 2 is 2.35 bits per heavy atom. The van der Waals surface area contributed by atoms with E-state index in [1.54, 1.807) is 5.38 Å². The van der Waals surface area contributed by atoms with E-state index in [9.17, 15) is 9.59 Å². The van der Waals surface area contributed by atoms with Gasteiger partial charge in [-0.1, -0.05) is 0 Å². The van der Waals surface area contributed by atoms with Crippen LogP contribution in [-0.4, -0.2) is 40.0 Å². The maximum atomic E-state index is 12.0. The van der Waals surface area contributed by atoms with Gasteiger partial charge in [0.2, 0.25) is 0 Å². The Balaban J connectivity index is 2.07. The molecule has 0 spiro atoms. The van der Waals surface area contributed by atoms with Crippen molar-refractivity contribution in [2.45, 2.75) is 12.8 Å². The van der Waals surface area contributed by atoms with E-state index in [1.165, 1.54) is 16.2 Å². The molecule has 1 saturated heterocycles. The SMILES string of the molecule is Nc1nc(C(=O)N2CCCC(C(=O)O)C2)cs1. The van der Waals surface area contributed by atoms with Crippen molar-refractivity contribution in [3.05, 3.63) is 11.1 Å². The Bertz CT molecular complexity index is 446. The van der Waals surface area contributed by atoms with E-state index < -0.39 is 11.9 Å². The number of likely N-dealkylation sites (tertiary alicyclic amines) is 1. The topological polar surface area (TPSA) is 96.5 Å². The van der Waals surface area contributed by atoms with E-state index in [0.29, 0.717) is 30.2 Å². The number of amides is 1. The summed E-state index contributed by atoms with van der Waals surface area (Å²) in [5.74, 6) is -1.55. The molecule has 1 aromatic rings. The second-order valence-electron chi connectivity index (χ2n) is 4.00. The van der Waals surface area contributed by atoms with Crippen LogP contribution in [0.15, 0.2) is 5.38 Å². The lowest BCUT2D eigenvalue weighted by Gasteiger charge is -2.30. The molecule has 2 heterocycles. The number of nitrogens with zero attached hydrogens (tertiary/aromatic N) is 2. The van der Waals surface area contributed by atoms with Crippen molar-refractivity contribution in [1.29, 1.82) is 0 Å². The van der Waals surface area contributed by atoms with Gasteiger partial charge >= 0.3 is 5.97 Å². The molecule has 92 valence electrons. The van der Waals surface area contributed by atoms with Crippen molar-refractivity contribution in [3.63, 3.8) is 0 Å². The summed E-state index contributed by atoms with van der Waals surface area (Å²) >= 11 is 1.21. The van der Waals surface area contributed by atoms with Crippen molar-refractivity contribution in [2.75, 3.05) is 18.8 Å². The number of hydrogen-bond acceptors (Lipinski definition) is 5. The van der Waals surface area contributed by atoms with Gasteiger partial charge in [0.1, 0.15) is 5.69 Å². The predicted octanol–water partition coefficient (Wildman–Crippen LogP) is 0.662. The summed E-state index contributed by atoms with van der Waals surface area (Å²) in [6, 6.07) is 0. The molecular formula is C10H13N3O3S. The quantitative estimate of drug-likeness (QED) is 0.809. The minimum Gasteiger partial charge on any atom is -0.481 e. The number of carbonyl (C=O) groups excluding carboxylic acids is 1. The molecule has 1 unspecified atom stereocenters. The number of anilines is 1. The number of carbonyl (C=O) groups is 2. The summed E-state index contributed by atoms with van der Waals surface area (Å²) in [5, 5.41) is 10.9. The molecule has 1 aliphatic heterocycles. The number of carboxylic acid groups (broad SMARTS) is 1. The third-order valence-corrected chi connectivity index (χ3v) is 3.47. The maximum absolute atomic E-state index is 12.0. The van der Waals surface area contributed by atoms with Gasteiger partial charge in [-0.25, -0.2) is 4.98 Å². The molecule has 1 atom stereocenters. The van der Waals surface area contributed by atoms with Crippen molar-refractivity contribution >= 4 is 28.3 Å². The highest BCUT2D eigenvalue weighted by Gasteiger charge is 2.29. The first kappa shape index (κ1) is 11.8. The minimum absolute atomic E-state index is 0.232. The zero-order chi connectivity index (χ0) is 12.4. The highest BCUT2D eigenvalue weighted by Crippen LogP contribution is 2.20. The van der Waals surface area contributed by atoms with E-state index in [2.05, 4.69) is 4.98 Å². The van der Waals surface area contributed by atoms with E-state index >= 15 is 0 Å². The smallest absolute Gasteiger partial charge is 0.308 e. The van der Waals surface area contributed by atoms with Gasteiger partial charge in [0, 0.05) is 18.5 Å². The summed E-state index contributed by atoms with van der Waals surface area (Å²) in [7, 11) is 0. The van der Waals surface area contributed by atoms with Crippen LogP contribution in [0.2, 0.25) is 0 Å². The minimum atomic E-state index is -0.847. The highest BCUT2D eigenvalue weighted by molar-refractivity contribution is 7.13. The average Bonchev–Trinajstić information content (AvgIpc) is 2.75. The third kappa shape index (κ3) is 2.55. The molecule has 3 N–H and O–H groups in total. The van der Waals surface area contributed by atoms with Crippen molar-refractivity contribution in [2.24, 2.45) is 5.92 Å². The Morgan fingerprint density at radius 1 is 1.59 bits per heavy atom. The molecule has 6 nitrogen and oxygen atoms in total. The fourth-order valence-corrected chi connectivity index (χ4v) is 2.45. The number of nitrogens with two attached hydrogens (primary N) is 1. The molecular weight excluding hydrogens is 242 g/mol. The molecule has 0 aliphatic carbocycles. The molecule has 2 rings (SSSR count). The van der Waals surface area contributed by atoms with Crippen LogP contribution in [0, 0.1) is 5.92 Å². The van der Waals surface area contributed by atoms with Crippen LogP contribution in [0.25, 0.3) is 0 Å². The first-order chi connectivity index (χ1) is 8.08. The molecule has 1 aliphatic rings. The van der Waals surface area contributed by atoms with Crippen LogP contribution >= 0.6 is 11.3 Å². The van der Waals surface area contributed by atoms with Gasteiger partial charge in [-0.05, 0) is 12.8 Å². The zero-order valence-corrected chi connectivity index (χ0v) is 9.94. The third-order valence-electron chi connectivity index (χ3n) is 2.80. The fraction of sp³-hybridized carbons (Fsp3) is 0.500. The summed E-state index contributed by atoms with van der Waals surface area (Å²) < 4.78 is 0. The lowest BCUT2D eigenvalue weighted by molar-refractivity contribution is -0.143. The Hall–Kier alpha value is -1.63. The molecule has 17 heavy (non-hydrogen) atoms. The second-order valence-corrected chi connectivity index (χ2v) is 4.89. The lowest BCUT2D eigenvalue weighted by atomic mass is 9.98. The molecule has 0 aromatic carbocycles. The summed E-state index contributed by atoms with van der Waals surface area (Å²) in [4.78, 5) is 28.3. The molecule has 0 bridgehead atoms. The van der Waals surface area contributed by atoms with Crippen LogP contribution < -0.4 is 5.73 Å². The van der Waals surface area contributed by atoms with Crippen LogP contribution in [0.3, 0.4) is 0 Å². The fourth-order valence-electron chi connectivity index (χ4n) is 1.91. The van der Waals surface area contributed by atoms with Crippen molar-refractivity contribution in [3.8, 4) is 0 Å². The number of carboxylic acids is 1. The number of thiazole rings is 1. The van der Waals surface area contributed by atoms with E-state index in [0.717, 1.165) is 0 Å². The Kier molecular flexibility index (Phi) is 3.28. The second kappa shape index (κ2) is 4.70. The zero-order valence-electron chi connectivity index (χ0n) is 9.13. The summed E-state index contributed by atoms with van der Waals surface area (Å²) in [5.41, 5.74) is 5.77. The standard InChI is InChI=1S/C10H13N3O3S/c11-10-12-7(5-17-10)8(14)13-3-1-2-6(4-13)9(15)16/h5-6H,1-4H2,(H2,11,12)(H,15,16). The van der Waals surface area contributed by atoms with Crippen LogP contribution in [0.5, 0.6) is 0 Å². The first-order valence-corrected chi connectivity index (χ1v) is 6.19. The van der Waals surface area contributed by atoms with Gasteiger partial charge in [-0.2, -0.15) is 0 Å². The van der Waals surface area contributed by atoms with Crippen LogP contribution in [-0.2, 0) is 4.79 Å². The molecule has 1 aromatic heterocycles. The Morgan fingerprint density at radius 3 is 2.94 bits per heavy atom. The molecule has 7 heteroatoms. The molecule has 0 saturated carbocycles. The van der Waals surface area contributed by atoms with E-state index in [-0.39, 0.29) is 12.5 Å². The van der Waals surface area contributed by atoms with Crippen LogP contribution in [0.4, 0.5) is 5.13 Å². The Labute approximate surface area is 102 Å². The van der Waals surface area contributed by atoms with Crippen molar-refractivity contribution < 1.29 is 14.7 Å². The average molecular weight is 255 g/mol. The predicted molar refractivity (Wildman–Crippen MR) is 62.8 cm³/mol. The molecule has 0 radical (unpaired) electrons.